The summed E-state index contributed by atoms with van der Waals surface area (Å²) in [6, 6.07) is 15.4. The van der Waals surface area contributed by atoms with Crippen LogP contribution in [0.5, 0.6) is 0 Å². The van der Waals surface area contributed by atoms with Crippen molar-refractivity contribution >= 4 is 17.6 Å². The predicted octanol–water partition coefficient (Wildman–Crippen LogP) is 3.03. The predicted molar refractivity (Wildman–Crippen MR) is 95.5 cm³/mol. The molecule has 0 heterocycles. The maximum atomic E-state index is 12.7. The van der Waals surface area contributed by atoms with Gasteiger partial charge < -0.3 is 10.0 Å². The molecule has 7 nitrogen and oxygen atoms in total. The third-order valence-corrected chi connectivity index (χ3v) is 3.86. The minimum absolute atomic E-state index is 0.0185. The number of carboxylic acids is 1. The Morgan fingerprint density at radius 1 is 1.04 bits per heavy atom. The minimum Gasteiger partial charge on any atom is -0.481 e. The second-order valence-electron chi connectivity index (χ2n) is 5.90. The highest BCUT2D eigenvalue weighted by Crippen LogP contribution is 2.15. The fourth-order valence-electron chi connectivity index (χ4n) is 2.58. The molecule has 0 aliphatic carbocycles. The number of amides is 1. The van der Waals surface area contributed by atoms with Crippen molar-refractivity contribution in [3.63, 3.8) is 0 Å². The first-order chi connectivity index (χ1) is 12.5. The zero-order valence-corrected chi connectivity index (χ0v) is 14.2. The van der Waals surface area contributed by atoms with E-state index in [1.165, 1.54) is 12.1 Å². The molecule has 0 saturated carbocycles. The van der Waals surface area contributed by atoms with E-state index in [0.717, 1.165) is 5.56 Å². The second-order valence-corrected chi connectivity index (χ2v) is 5.90. The summed E-state index contributed by atoms with van der Waals surface area (Å²) in [5, 5.41) is 19.7. The van der Waals surface area contributed by atoms with Gasteiger partial charge in [0, 0.05) is 31.6 Å². The van der Waals surface area contributed by atoms with Gasteiger partial charge in [-0.15, -0.1) is 0 Å². The molecule has 0 atom stereocenters. The van der Waals surface area contributed by atoms with Crippen LogP contribution in [0, 0.1) is 10.1 Å². The number of nitro benzene ring substituents is 1. The highest BCUT2D eigenvalue weighted by molar-refractivity contribution is 5.79. The normalized spacial score (nSPS) is 10.3. The molecule has 0 aliphatic rings. The van der Waals surface area contributed by atoms with Crippen molar-refractivity contribution < 1.29 is 19.6 Å². The first-order valence-corrected chi connectivity index (χ1v) is 8.22. The Labute approximate surface area is 151 Å². The molecule has 0 spiro atoms. The third-order valence-electron chi connectivity index (χ3n) is 3.86. The maximum absolute atomic E-state index is 12.7. The van der Waals surface area contributed by atoms with Crippen molar-refractivity contribution in [2.45, 2.75) is 25.8 Å². The Bertz CT molecular complexity index is 777. The summed E-state index contributed by atoms with van der Waals surface area (Å²) in [4.78, 5) is 35.4. The molecule has 26 heavy (non-hydrogen) atoms. The molecule has 1 amide bonds. The Balaban J connectivity index is 2.09. The van der Waals surface area contributed by atoms with Crippen LogP contribution in [0.3, 0.4) is 0 Å². The summed E-state index contributed by atoms with van der Waals surface area (Å²) >= 11 is 0. The number of rotatable bonds is 9. The largest absolute Gasteiger partial charge is 0.481 e. The molecule has 2 rings (SSSR count). The molecule has 0 radical (unpaired) electrons. The Kier molecular flexibility index (Phi) is 6.84. The zero-order valence-electron chi connectivity index (χ0n) is 14.2. The van der Waals surface area contributed by atoms with Crippen LogP contribution in [0.15, 0.2) is 54.6 Å². The molecule has 2 aromatic rings. The van der Waals surface area contributed by atoms with Crippen LogP contribution in [-0.2, 0) is 22.6 Å². The number of nitrogens with zero attached hydrogens (tertiary/aromatic N) is 2. The lowest BCUT2D eigenvalue weighted by molar-refractivity contribution is -0.384. The number of nitro groups is 1. The Hall–Kier alpha value is -3.22. The topological polar surface area (TPSA) is 101 Å². The van der Waals surface area contributed by atoms with Gasteiger partial charge in [0.05, 0.1) is 11.3 Å². The Morgan fingerprint density at radius 3 is 2.38 bits per heavy atom. The van der Waals surface area contributed by atoms with E-state index in [-0.39, 0.29) is 24.4 Å². The van der Waals surface area contributed by atoms with Crippen molar-refractivity contribution in [3.05, 3.63) is 75.8 Å². The van der Waals surface area contributed by atoms with E-state index in [1.54, 1.807) is 17.0 Å². The van der Waals surface area contributed by atoms with Crippen molar-refractivity contribution in [2.75, 3.05) is 6.54 Å². The lowest BCUT2D eigenvalue weighted by Crippen LogP contribution is -2.33. The van der Waals surface area contributed by atoms with Crippen LogP contribution in [0.2, 0.25) is 0 Å². The molecule has 0 aromatic heterocycles. The molecule has 136 valence electrons. The van der Waals surface area contributed by atoms with E-state index in [1.807, 2.05) is 30.3 Å². The van der Waals surface area contributed by atoms with Gasteiger partial charge in [-0.2, -0.15) is 0 Å². The molecular formula is C19H20N2O5. The lowest BCUT2D eigenvalue weighted by atomic mass is 10.1. The number of aliphatic carboxylic acids is 1. The molecule has 0 saturated heterocycles. The zero-order chi connectivity index (χ0) is 18.9. The van der Waals surface area contributed by atoms with Gasteiger partial charge in [0.25, 0.3) is 5.69 Å². The average molecular weight is 356 g/mol. The maximum Gasteiger partial charge on any atom is 0.303 e. The summed E-state index contributed by atoms with van der Waals surface area (Å²) in [5.74, 6) is -1.10. The van der Waals surface area contributed by atoms with Crippen molar-refractivity contribution in [1.29, 1.82) is 0 Å². The summed E-state index contributed by atoms with van der Waals surface area (Å²) in [6.07, 6.45) is 0.361. The first kappa shape index (κ1) is 19.1. The highest BCUT2D eigenvalue weighted by Gasteiger charge is 2.16. The van der Waals surface area contributed by atoms with Gasteiger partial charge in [-0.05, 0) is 17.5 Å². The van der Waals surface area contributed by atoms with Gasteiger partial charge >= 0.3 is 5.97 Å². The molecule has 0 unspecified atom stereocenters. The van der Waals surface area contributed by atoms with Gasteiger partial charge in [0.1, 0.15) is 0 Å². The van der Waals surface area contributed by atoms with Crippen molar-refractivity contribution in [3.8, 4) is 0 Å². The van der Waals surface area contributed by atoms with E-state index < -0.39 is 10.9 Å². The minimum atomic E-state index is -0.907. The van der Waals surface area contributed by atoms with E-state index in [9.17, 15) is 19.7 Å². The fraction of sp³-hybridized carbons (Fsp3) is 0.263. The number of carbonyl (C=O) groups is 2. The Morgan fingerprint density at radius 2 is 1.73 bits per heavy atom. The number of carbonyl (C=O) groups excluding carboxylic acids is 1. The smallest absolute Gasteiger partial charge is 0.303 e. The van der Waals surface area contributed by atoms with E-state index in [4.69, 9.17) is 5.11 Å². The number of hydrogen-bond donors (Lipinski definition) is 1. The SMILES string of the molecule is O=C(O)CCCN(Cc1ccccc1)C(=O)Cc1cccc([N+](=O)[O-])c1. The summed E-state index contributed by atoms with van der Waals surface area (Å²) in [7, 11) is 0. The van der Waals surface area contributed by atoms with Gasteiger partial charge in [-0.25, -0.2) is 0 Å². The van der Waals surface area contributed by atoms with Crippen LogP contribution in [0.25, 0.3) is 0 Å². The monoisotopic (exact) mass is 356 g/mol. The molecule has 1 N–H and O–H groups in total. The lowest BCUT2D eigenvalue weighted by Gasteiger charge is -2.23. The van der Waals surface area contributed by atoms with Gasteiger partial charge in [0.15, 0.2) is 0 Å². The third kappa shape index (κ3) is 6.01. The molecule has 0 fully saturated rings. The molecule has 2 aromatic carbocycles. The molecule has 0 aliphatic heterocycles. The van der Waals surface area contributed by atoms with Crippen molar-refractivity contribution in [2.24, 2.45) is 0 Å². The van der Waals surface area contributed by atoms with Gasteiger partial charge in [-0.1, -0.05) is 42.5 Å². The molecular weight excluding hydrogens is 336 g/mol. The number of non-ortho nitro benzene ring substituents is 1. The fourth-order valence-corrected chi connectivity index (χ4v) is 2.58. The quantitative estimate of drug-likeness (QED) is 0.550. The van der Waals surface area contributed by atoms with Gasteiger partial charge in [0.2, 0.25) is 5.91 Å². The number of hydrogen-bond acceptors (Lipinski definition) is 4. The average Bonchev–Trinajstić information content (AvgIpc) is 2.61. The van der Waals surface area contributed by atoms with Crippen LogP contribution in [0.1, 0.15) is 24.0 Å². The molecule has 7 heteroatoms. The van der Waals surface area contributed by atoms with E-state index in [0.29, 0.717) is 25.1 Å². The van der Waals surface area contributed by atoms with Gasteiger partial charge in [-0.3, -0.25) is 19.7 Å². The molecule has 0 bridgehead atoms. The highest BCUT2D eigenvalue weighted by atomic mass is 16.6. The summed E-state index contributed by atoms with van der Waals surface area (Å²) < 4.78 is 0. The standard InChI is InChI=1S/C19H20N2O5/c22-18(13-16-8-4-9-17(12-16)21(25)26)20(11-5-10-19(23)24)14-15-6-2-1-3-7-15/h1-4,6-9,12H,5,10-11,13-14H2,(H,23,24). The van der Waals surface area contributed by atoms with Crippen LogP contribution in [0.4, 0.5) is 5.69 Å². The number of benzene rings is 2. The summed E-state index contributed by atoms with van der Waals surface area (Å²) in [5.41, 5.74) is 1.44. The summed E-state index contributed by atoms with van der Waals surface area (Å²) in [6.45, 7) is 0.684. The van der Waals surface area contributed by atoms with Crippen LogP contribution < -0.4 is 0 Å². The first-order valence-electron chi connectivity index (χ1n) is 8.22. The second kappa shape index (κ2) is 9.31. The van der Waals surface area contributed by atoms with Crippen LogP contribution >= 0.6 is 0 Å². The van der Waals surface area contributed by atoms with Crippen molar-refractivity contribution in [1.82, 2.24) is 4.90 Å². The van der Waals surface area contributed by atoms with Crippen LogP contribution in [-0.4, -0.2) is 33.4 Å². The van der Waals surface area contributed by atoms with E-state index in [2.05, 4.69) is 0 Å². The van der Waals surface area contributed by atoms with E-state index >= 15 is 0 Å². The number of carboxylic acid groups (broad SMARTS) is 1.